The number of hydrogen-bond donors (Lipinski definition) is 0. The minimum atomic E-state index is 0.838. The quantitative estimate of drug-likeness (QED) is 0.851. The lowest BCUT2D eigenvalue weighted by atomic mass is 10.1. The molecule has 1 aliphatic heterocycles. The first-order valence-electron chi connectivity index (χ1n) is 7.58. The van der Waals surface area contributed by atoms with E-state index in [9.17, 15) is 0 Å². The molecule has 0 bridgehead atoms. The van der Waals surface area contributed by atoms with Crippen LogP contribution >= 0.6 is 11.6 Å². The van der Waals surface area contributed by atoms with Crippen molar-refractivity contribution in [1.29, 1.82) is 0 Å². The van der Waals surface area contributed by atoms with E-state index < -0.39 is 0 Å². The molecule has 22 heavy (non-hydrogen) atoms. The Hall–Kier alpha value is -1.87. The van der Waals surface area contributed by atoms with E-state index in [1.807, 2.05) is 24.3 Å². The van der Waals surface area contributed by atoms with Gasteiger partial charge in [0.2, 0.25) is 0 Å². The molecule has 1 fully saturated rings. The second kappa shape index (κ2) is 6.49. The predicted octanol–water partition coefficient (Wildman–Crippen LogP) is 3.98. The molecule has 0 aliphatic carbocycles. The van der Waals surface area contributed by atoms with Crippen LogP contribution in [0.1, 0.15) is 5.56 Å². The highest BCUT2D eigenvalue weighted by Gasteiger charge is 2.20. The van der Waals surface area contributed by atoms with Crippen molar-refractivity contribution < 1.29 is 4.74 Å². The first-order chi connectivity index (χ1) is 10.7. The van der Waals surface area contributed by atoms with Crippen LogP contribution in [0.5, 0.6) is 5.75 Å². The third-order valence-electron chi connectivity index (χ3n) is 4.29. The average molecular weight is 317 g/mol. The van der Waals surface area contributed by atoms with Gasteiger partial charge < -0.3 is 14.5 Å². The van der Waals surface area contributed by atoms with Crippen LogP contribution < -0.4 is 14.5 Å². The van der Waals surface area contributed by atoms with Gasteiger partial charge in [0, 0.05) is 36.9 Å². The summed E-state index contributed by atoms with van der Waals surface area (Å²) in [7, 11) is 1.73. The Bertz CT molecular complexity index is 651. The SMILES string of the molecule is COc1ccccc1N1CCN(c2cccc(Cl)c2C)CC1. The van der Waals surface area contributed by atoms with Crippen LogP contribution in [0, 0.1) is 6.92 Å². The maximum atomic E-state index is 6.24. The predicted molar refractivity (Wildman–Crippen MR) is 93.6 cm³/mol. The van der Waals surface area contributed by atoms with Gasteiger partial charge in [0.05, 0.1) is 12.8 Å². The van der Waals surface area contributed by atoms with E-state index in [4.69, 9.17) is 16.3 Å². The molecule has 0 saturated carbocycles. The monoisotopic (exact) mass is 316 g/mol. The maximum absolute atomic E-state index is 6.24. The molecule has 3 nitrogen and oxygen atoms in total. The van der Waals surface area contributed by atoms with Gasteiger partial charge in [-0.3, -0.25) is 0 Å². The van der Waals surface area contributed by atoms with Crippen LogP contribution in [-0.4, -0.2) is 33.3 Å². The number of piperazine rings is 1. The van der Waals surface area contributed by atoms with Crippen molar-refractivity contribution in [3.8, 4) is 5.75 Å². The van der Waals surface area contributed by atoms with Crippen molar-refractivity contribution in [3.05, 3.63) is 53.1 Å². The topological polar surface area (TPSA) is 15.7 Å². The number of halogens is 1. The molecule has 2 aromatic rings. The summed E-state index contributed by atoms with van der Waals surface area (Å²) >= 11 is 6.24. The summed E-state index contributed by atoms with van der Waals surface area (Å²) in [6.07, 6.45) is 0. The number of ether oxygens (including phenoxy) is 1. The highest BCUT2D eigenvalue weighted by Crippen LogP contribution is 2.31. The third kappa shape index (κ3) is 2.86. The van der Waals surface area contributed by atoms with Gasteiger partial charge >= 0.3 is 0 Å². The minimum Gasteiger partial charge on any atom is -0.495 e. The molecule has 0 spiro atoms. The van der Waals surface area contributed by atoms with Gasteiger partial charge in [-0.05, 0) is 36.8 Å². The summed E-state index contributed by atoms with van der Waals surface area (Å²) in [5, 5.41) is 0.838. The summed E-state index contributed by atoms with van der Waals surface area (Å²) in [5.74, 6) is 0.940. The van der Waals surface area contributed by atoms with Gasteiger partial charge in [-0.1, -0.05) is 29.8 Å². The van der Waals surface area contributed by atoms with Gasteiger partial charge in [0.1, 0.15) is 5.75 Å². The molecule has 0 radical (unpaired) electrons. The van der Waals surface area contributed by atoms with Crippen molar-refractivity contribution >= 4 is 23.0 Å². The maximum Gasteiger partial charge on any atom is 0.142 e. The van der Waals surface area contributed by atoms with Gasteiger partial charge in [-0.15, -0.1) is 0 Å². The number of anilines is 2. The Kier molecular flexibility index (Phi) is 4.44. The number of benzene rings is 2. The lowest BCUT2D eigenvalue weighted by Crippen LogP contribution is -2.46. The number of para-hydroxylation sites is 2. The lowest BCUT2D eigenvalue weighted by Gasteiger charge is -2.38. The second-order valence-electron chi connectivity index (χ2n) is 5.53. The van der Waals surface area contributed by atoms with Crippen molar-refractivity contribution in [2.75, 3.05) is 43.1 Å². The van der Waals surface area contributed by atoms with E-state index in [0.717, 1.165) is 42.5 Å². The van der Waals surface area contributed by atoms with Crippen molar-refractivity contribution in [2.24, 2.45) is 0 Å². The summed E-state index contributed by atoms with van der Waals surface area (Å²) in [5.41, 5.74) is 3.58. The zero-order valence-corrected chi connectivity index (χ0v) is 13.8. The molecular formula is C18H21ClN2O. The van der Waals surface area contributed by atoms with Crippen LogP contribution in [-0.2, 0) is 0 Å². The molecule has 0 N–H and O–H groups in total. The van der Waals surface area contributed by atoms with Gasteiger partial charge in [0.15, 0.2) is 0 Å². The highest BCUT2D eigenvalue weighted by molar-refractivity contribution is 6.31. The zero-order chi connectivity index (χ0) is 15.5. The van der Waals surface area contributed by atoms with E-state index in [-0.39, 0.29) is 0 Å². The first kappa shape index (κ1) is 15.0. The van der Waals surface area contributed by atoms with Gasteiger partial charge in [0.25, 0.3) is 0 Å². The molecular weight excluding hydrogens is 296 g/mol. The van der Waals surface area contributed by atoms with Crippen molar-refractivity contribution in [1.82, 2.24) is 0 Å². The van der Waals surface area contributed by atoms with Crippen LogP contribution in [0.3, 0.4) is 0 Å². The summed E-state index contributed by atoms with van der Waals surface area (Å²) in [6.45, 7) is 6.02. The fraction of sp³-hybridized carbons (Fsp3) is 0.333. The fourth-order valence-electron chi connectivity index (χ4n) is 3.02. The van der Waals surface area contributed by atoms with Crippen LogP contribution in [0.4, 0.5) is 11.4 Å². The molecule has 3 rings (SSSR count). The van der Waals surface area contributed by atoms with Crippen molar-refractivity contribution in [2.45, 2.75) is 6.92 Å². The number of rotatable bonds is 3. The van der Waals surface area contributed by atoms with E-state index in [1.165, 1.54) is 11.4 Å². The fourth-order valence-corrected chi connectivity index (χ4v) is 3.19. The second-order valence-corrected chi connectivity index (χ2v) is 5.94. The summed E-state index contributed by atoms with van der Waals surface area (Å²) < 4.78 is 5.47. The molecule has 0 amide bonds. The summed E-state index contributed by atoms with van der Waals surface area (Å²) in [6, 6.07) is 14.3. The molecule has 2 aromatic carbocycles. The smallest absolute Gasteiger partial charge is 0.142 e. The van der Waals surface area contributed by atoms with E-state index in [2.05, 4.69) is 34.9 Å². The van der Waals surface area contributed by atoms with E-state index in [1.54, 1.807) is 7.11 Å². The molecule has 0 unspecified atom stereocenters. The molecule has 1 aliphatic rings. The van der Waals surface area contributed by atoms with E-state index >= 15 is 0 Å². The number of nitrogens with zero attached hydrogens (tertiary/aromatic N) is 2. The molecule has 116 valence electrons. The molecule has 0 atom stereocenters. The Balaban J connectivity index is 1.74. The Morgan fingerprint density at radius 1 is 0.864 bits per heavy atom. The average Bonchev–Trinajstić information content (AvgIpc) is 2.57. The largest absolute Gasteiger partial charge is 0.495 e. The number of hydrogen-bond acceptors (Lipinski definition) is 3. The van der Waals surface area contributed by atoms with Crippen LogP contribution in [0.25, 0.3) is 0 Å². The third-order valence-corrected chi connectivity index (χ3v) is 4.69. The lowest BCUT2D eigenvalue weighted by molar-refractivity contribution is 0.413. The Morgan fingerprint density at radius 2 is 1.45 bits per heavy atom. The van der Waals surface area contributed by atoms with Crippen LogP contribution in [0.15, 0.2) is 42.5 Å². The summed E-state index contributed by atoms with van der Waals surface area (Å²) in [4.78, 5) is 4.79. The normalized spacial score (nSPS) is 15.0. The first-order valence-corrected chi connectivity index (χ1v) is 7.96. The standard InChI is InChI=1S/C18H21ClN2O/c1-14-15(19)6-5-8-16(14)20-10-12-21(13-11-20)17-7-3-4-9-18(17)22-2/h3-9H,10-13H2,1-2H3. The van der Waals surface area contributed by atoms with E-state index in [0.29, 0.717) is 0 Å². The molecule has 4 heteroatoms. The number of methoxy groups -OCH3 is 1. The molecule has 1 saturated heterocycles. The molecule has 0 aromatic heterocycles. The Labute approximate surface area is 137 Å². The molecule has 1 heterocycles. The highest BCUT2D eigenvalue weighted by atomic mass is 35.5. The zero-order valence-electron chi connectivity index (χ0n) is 13.1. The minimum absolute atomic E-state index is 0.838. The van der Waals surface area contributed by atoms with Gasteiger partial charge in [-0.2, -0.15) is 0 Å². The Morgan fingerprint density at radius 3 is 2.14 bits per heavy atom. The van der Waals surface area contributed by atoms with Gasteiger partial charge in [-0.25, -0.2) is 0 Å². The van der Waals surface area contributed by atoms with Crippen molar-refractivity contribution in [3.63, 3.8) is 0 Å². The van der Waals surface area contributed by atoms with Crippen LogP contribution in [0.2, 0.25) is 5.02 Å².